The second-order valence-corrected chi connectivity index (χ2v) is 5.95. The van der Waals surface area contributed by atoms with E-state index in [1.165, 1.54) is 5.56 Å². The Morgan fingerprint density at radius 1 is 1.39 bits per heavy atom. The highest BCUT2D eigenvalue weighted by Gasteiger charge is 2.30. The first-order valence-electron chi connectivity index (χ1n) is 6.72. The molecule has 0 aromatic heterocycles. The molecule has 0 radical (unpaired) electrons. The second-order valence-electron chi connectivity index (χ2n) is 5.10. The zero-order valence-corrected chi connectivity index (χ0v) is 12.4. The topological polar surface area (TPSA) is 29.5 Å². The Morgan fingerprint density at radius 2 is 2.11 bits per heavy atom. The normalized spacial score (nSPS) is 24.6. The van der Waals surface area contributed by atoms with Gasteiger partial charge in [-0.25, -0.2) is 0 Å². The summed E-state index contributed by atoms with van der Waals surface area (Å²) in [6.07, 6.45) is 4.05. The van der Waals surface area contributed by atoms with E-state index >= 15 is 0 Å². The van der Waals surface area contributed by atoms with Gasteiger partial charge in [-0.3, -0.25) is 0 Å². The predicted molar refractivity (Wildman–Crippen MR) is 76.6 cm³/mol. The molecule has 0 heterocycles. The molecule has 1 aromatic rings. The highest BCUT2D eigenvalue weighted by molar-refractivity contribution is 9.10. The van der Waals surface area contributed by atoms with Crippen molar-refractivity contribution in [2.45, 2.75) is 44.8 Å². The van der Waals surface area contributed by atoms with E-state index in [1.54, 1.807) is 0 Å². The van der Waals surface area contributed by atoms with Gasteiger partial charge >= 0.3 is 0 Å². The molecular weight excluding hydrogens is 292 g/mol. The molecule has 1 aromatic carbocycles. The molecule has 1 unspecified atom stereocenters. The van der Waals surface area contributed by atoms with Crippen LogP contribution in [0.25, 0.3) is 0 Å². The predicted octanol–water partition coefficient (Wildman–Crippen LogP) is 3.56. The van der Waals surface area contributed by atoms with Crippen molar-refractivity contribution in [2.24, 2.45) is 5.92 Å². The zero-order chi connectivity index (χ0) is 13.0. The number of benzene rings is 1. The Kier molecular flexibility index (Phi) is 5.22. The molecule has 1 atom stereocenters. The maximum atomic E-state index is 10.1. The minimum absolute atomic E-state index is 0.240. The van der Waals surface area contributed by atoms with Crippen molar-refractivity contribution in [1.82, 2.24) is 0 Å². The molecule has 1 N–H and O–H groups in total. The van der Waals surface area contributed by atoms with Crippen molar-refractivity contribution >= 4 is 15.9 Å². The number of hydrogen-bond acceptors (Lipinski definition) is 2. The molecule has 3 heteroatoms. The molecule has 0 bridgehead atoms. The summed E-state index contributed by atoms with van der Waals surface area (Å²) in [7, 11) is 0. The van der Waals surface area contributed by atoms with Crippen LogP contribution in [-0.2, 0) is 11.2 Å². The first-order valence-corrected chi connectivity index (χ1v) is 7.51. The summed E-state index contributed by atoms with van der Waals surface area (Å²) in [5.74, 6) is 0.638. The molecule has 1 aliphatic rings. The van der Waals surface area contributed by atoms with Gasteiger partial charge in [0.2, 0.25) is 0 Å². The summed E-state index contributed by atoms with van der Waals surface area (Å²) >= 11 is 3.52. The quantitative estimate of drug-likeness (QED) is 0.870. The van der Waals surface area contributed by atoms with Crippen molar-refractivity contribution in [2.75, 3.05) is 6.61 Å². The fourth-order valence-electron chi connectivity index (χ4n) is 2.62. The number of hydrogen-bond donors (Lipinski definition) is 1. The molecule has 2 nitrogen and oxygen atoms in total. The lowest BCUT2D eigenvalue weighted by molar-refractivity contribution is -0.0375. The van der Waals surface area contributed by atoms with E-state index in [9.17, 15) is 5.11 Å². The van der Waals surface area contributed by atoms with Gasteiger partial charge in [0.15, 0.2) is 0 Å². The van der Waals surface area contributed by atoms with Crippen molar-refractivity contribution in [1.29, 1.82) is 0 Å². The van der Waals surface area contributed by atoms with Gasteiger partial charge in [-0.1, -0.05) is 34.1 Å². The third-order valence-electron chi connectivity index (χ3n) is 3.61. The minimum Gasteiger partial charge on any atom is -0.393 e. The Labute approximate surface area is 117 Å². The van der Waals surface area contributed by atoms with Crippen molar-refractivity contribution in [3.8, 4) is 0 Å². The lowest BCUT2D eigenvalue weighted by Gasteiger charge is -2.36. The summed E-state index contributed by atoms with van der Waals surface area (Å²) < 4.78 is 6.63. The lowest BCUT2D eigenvalue weighted by Crippen LogP contribution is -2.34. The van der Waals surface area contributed by atoms with Gasteiger partial charge in [0.25, 0.3) is 0 Å². The summed E-state index contributed by atoms with van der Waals surface area (Å²) in [6.45, 7) is 2.84. The van der Waals surface area contributed by atoms with Crippen molar-refractivity contribution < 1.29 is 9.84 Å². The van der Waals surface area contributed by atoms with Crippen LogP contribution in [0.5, 0.6) is 0 Å². The van der Waals surface area contributed by atoms with Gasteiger partial charge in [-0.2, -0.15) is 0 Å². The van der Waals surface area contributed by atoms with E-state index in [-0.39, 0.29) is 6.10 Å². The van der Waals surface area contributed by atoms with Gasteiger partial charge in [-0.05, 0) is 50.2 Å². The molecule has 1 aliphatic carbocycles. The van der Waals surface area contributed by atoms with Crippen LogP contribution in [0.2, 0.25) is 0 Å². The molecule has 1 saturated carbocycles. The molecular formula is C15H21BrO2. The van der Waals surface area contributed by atoms with Crippen LogP contribution in [0.3, 0.4) is 0 Å². The first-order chi connectivity index (χ1) is 8.69. The molecule has 0 aliphatic heterocycles. The highest BCUT2D eigenvalue weighted by Crippen LogP contribution is 2.34. The molecule has 100 valence electrons. The number of aliphatic hydroxyl groups excluding tert-OH is 1. The molecule has 2 rings (SSSR count). The lowest BCUT2D eigenvalue weighted by atomic mass is 9.78. The molecule has 0 spiro atoms. The summed E-state index contributed by atoms with van der Waals surface area (Å²) in [5, 5.41) is 10.1. The van der Waals surface area contributed by atoms with Crippen LogP contribution in [0.15, 0.2) is 28.7 Å². The fourth-order valence-corrected chi connectivity index (χ4v) is 3.07. The maximum Gasteiger partial charge on any atom is 0.0583 e. The smallest absolute Gasteiger partial charge is 0.0583 e. The standard InChI is InChI=1S/C15H21BrO2/c1-2-18-14-8-11(9-14)7-13(17)10-12-5-3-4-6-15(12)16/h3-6,11,13-14,17H,2,7-10H2,1H3. The summed E-state index contributed by atoms with van der Waals surface area (Å²) in [6, 6.07) is 8.10. The van der Waals surface area contributed by atoms with E-state index in [0.29, 0.717) is 12.0 Å². The Bertz CT molecular complexity index is 375. The summed E-state index contributed by atoms with van der Waals surface area (Å²) in [5.41, 5.74) is 1.19. The van der Waals surface area contributed by atoms with Gasteiger partial charge in [0.05, 0.1) is 12.2 Å². The largest absolute Gasteiger partial charge is 0.393 e. The van der Waals surface area contributed by atoms with E-state index in [1.807, 2.05) is 25.1 Å². The van der Waals surface area contributed by atoms with E-state index in [4.69, 9.17) is 4.74 Å². The van der Waals surface area contributed by atoms with Crippen LogP contribution in [-0.4, -0.2) is 23.9 Å². The number of rotatable bonds is 6. The fraction of sp³-hybridized carbons (Fsp3) is 0.600. The van der Waals surface area contributed by atoms with Gasteiger partial charge in [-0.15, -0.1) is 0 Å². The van der Waals surface area contributed by atoms with Gasteiger partial charge < -0.3 is 9.84 Å². The SMILES string of the molecule is CCOC1CC(CC(O)Cc2ccccc2Br)C1. The Balaban J connectivity index is 1.73. The molecule has 0 amide bonds. The minimum atomic E-state index is -0.240. The van der Waals surface area contributed by atoms with Crippen LogP contribution in [0, 0.1) is 5.92 Å². The zero-order valence-electron chi connectivity index (χ0n) is 10.8. The van der Waals surface area contributed by atoms with E-state index in [2.05, 4.69) is 22.0 Å². The van der Waals surface area contributed by atoms with Crippen LogP contribution in [0.1, 0.15) is 31.7 Å². The summed E-state index contributed by atoms with van der Waals surface area (Å²) in [4.78, 5) is 0. The monoisotopic (exact) mass is 312 g/mol. The van der Waals surface area contributed by atoms with Crippen molar-refractivity contribution in [3.63, 3.8) is 0 Å². The van der Waals surface area contributed by atoms with Crippen molar-refractivity contribution in [3.05, 3.63) is 34.3 Å². The number of ether oxygens (including phenoxy) is 1. The van der Waals surface area contributed by atoms with E-state index < -0.39 is 0 Å². The van der Waals surface area contributed by atoms with Crippen LogP contribution >= 0.6 is 15.9 Å². The van der Waals surface area contributed by atoms with Gasteiger partial charge in [0.1, 0.15) is 0 Å². The average Bonchev–Trinajstić information content (AvgIpc) is 2.29. The molecule has 18 heavy (non-hydrogen) atoms. The first kappa shape index (κ1) is 14.0. The second kappa shape index (κ2) is 6.69. The van der Waals surface area contributed by atoms with Crippen LogP contribution in [0.4, 0.5) is 0 Å². The Morgan fingerprint density at radius 3 is 2.78 bits per heavy atom. The number of aliphatic hydroxyl groups is 1. The highest BCUT2D eigenvalue weighted by atomic mass is 79.9. The van der Waals surface area contributed by atoms with E-state index in [0.717, 1.165) is 36.8 Å². The number of halogens is 1. The third kappa shape index (κ3) is 3.81. The average molecular weight is 313 g/mol. The molecule has 0 saturated heterocycles. The maximum absolute atomic E-state index is 10.1. The Hall–Kier alpha value is -0.380. The molecule has 1 fully saturated rings. The van der Waals surface area contributed by atoms with Crippen LogP contribution < -0.4 is 0 Å². The van der Waals surface area contributed by atoms with Gasteiger partial charge in [0, 0.05) is 11.1 Å². The third-order valence-corrected chi connectivity index (χ3v) is 4.39.